The Kier molecular flexibility index (Phi) is 2.48. The van der Waals surface area contributed by atoms with Crippen LogP contribution in [-0.2, 0) is 4.79 Å². The Hall–Kier alpha value is -2.10. The molecule has 0 aliphatic carbocycles. The summed E-state index contributed by atoms with van der Waals surface area (Å²) in [7, 11) is 0. The van der Waals surface area contributed by atoms with Crippen molar-refractivity contribution in [1.29, 1.82) is 0 Å². The Labute approximate surface area is 92.2 Å². The van der Waals surface area contributed by atoms with Gasteiger partial charge in [0.2, 0.25) is 0 Å². The third-order valence-electron chi connectivity index (χ3n) is 2.42. The van der Waals surface area contributed by atoms with E-state index in [2.05, 4.69) is 0 Å². The van der Waals surface area contributed by atoms with Crippen LogP contribution < -0.4 is 4.74 Å². The van der Waals surface area contributed by atoms with Crippen LogP contribution >= 0.6 is 0 Å². The minimum Gasteiger partial charge on any atom is -0.488 e. The lowest BCUT2D eigenvalue weighted by Crippen LogP contribution is -2.20. The van der Waals surface area contributed by atoms with Gasteiger partial charge in [0.05, 0.1) is 5.56 Å². The number of carbonyl (C=O) groups excluding carboxylic acids is 1. The molecule has 0 radical (unpaired) electrons. The van der Waals surface area contributed by atoms with Gasteiger partial charge >= 0.3 is 5.97 Å². The molecule has 4 nitrogen and oxygen atoms in total. The van der Waals surface area contributed by atoms with Gasteiger partial charge in [0.25, 0.3) is 0 Å². The number of hydrogen-bond donors (Lipinski definition) is 1. The maximum absolute atomic E-state index is 11.9. The van der Waals surface area contributed by atoms with E-state index in [4.69, 9.17) is 9.84 Å². The first-order chi connectivity index (χ1) is 7.59. The van der Waals surface area contributed by atoms with Crippen molar-refractivity contribution in [3.05, 3.63) is 41.0 Å². The van der Waals surface area contributed by atoms with Gasteiger partial charge < -0.3 is 9.84 Å². The molecule has 1 N–H and O–H groups in total. The third kappa shape index (κ3) is 1.69. The fourth-order valence-electron chi connectivity index (χ4n) is 1.67. The van der Waals surface area contributed by atoms with E-state index >= 15 is 0 Å². The summed E-state index contributed by atoms with van der Waals surface area (Å²) in [6.07, 6.45) is 0.896. The lowest BCUT2D eigenvalue weighted by molar-refractivity contribution is -0.131. The van der Waals surface area contributed by atoms with E-state index < -0.39 is 5.97 Å². The highest BCUT2D eigenvalue weighted by Crippen LogP contribution is 2.29. The first kappa shape index (κ1) is 10.4. The maximum atomic E-state index is 11.9. The molecule has 0 saturated carbocycles. The van der Waals surface area contributed by atoms with E-state index in [1.807, 2.05) is 13.0 Å². The molecule has 0 bridgehead atoms. The summed E-state index contributed by atoms with van der Waals surface area (Å²) < 4.78 is 5.39. The minimum absolute atomic E-state index is 0.0169. The molecule has 1 aliphatic heterocycles. The molecule has 4 heteroatoms. The summed E-state index contributed by atoms with van der Waals surface area (Å²) in [5.74, 6) is -0.856. The Morgan fingerprint density at radius 1 is 1.50 bits per heavy atom. The normalized spacial score (nSPS) is 16.8. The monoisotopic (exact) mass is 218 g/mol. The summed E-state index contributed by atoms with van der Waals surface area (Å²) >= 11 is 0. The van der Waals surface area contributed by atoms with Crippen molar-refractivity contribution < 1.29 is 19.4 Å². The summed E-state index contributed by atoms with van der Waals surface area (Å²) in [6.45, 7) is 1.86. The number of para-hydroxylation sites is 1. The summed E-state index contributed by atoms with van der Waals surface area (Å²) in [5, 5.41) is 8.60. The summed E-state index contributed by atoms with van der Waals surface area (Å²) in [5.41, 5.74) is 1.48. The van der Waals surface area contributed by atoms with Gasteiger partial charge in [0.15, 0.2) is 5.78 Å². The number of carboxylic acid groups (broad SMARTS) is 1. The molecule has 0 saturated heterocycles. The van der Waals surface area contributed by atoms with E-state index in [1.54, 1.807) is 12.1 Å². The molecule has 1 aromatic carbocycles. The maximum Gasteiger partial charge on any atom is 0.328 e. The molecule has 1 aromatic rings. The van der Waals surface area contributed by atoms with Crippen molar-refractivity contribution in [2.75, 3.05) is 6.61 Å². The van der Waals surface area contributed by atoms with Crippen LogP contribution in [0.25, 0.3) is 0 Å². The molecule has 0 unspecified atom stereocenters. The molecule has 0 spiro atoms. The Balaban J connectivity index is 2.48. The Morgan fingerprint density at radius 2 is 2.25 bits per heavy atom. The van der Waals surface area contributed by atoms with Crippen LogP contribution in [-0.4, -0.2) is 23.5 Å². The van der Waals surface area contributed by atoms with Crippen molar-refractivity contribution in [3.8, 4) is 5.75 Å². The number of carboxylic acids is 1. The fraction of sp³-hybridized carbons (Fsp3) is 0.167. The molecule has 0 aromatic heterocycles. The highest BCUT2D eigenvalue weighted by Gasteiger charge is 2.24. The number of aliphatic carboxylic acids is 1. The van der Waals surface area contributed by atoms with E-state index in [0.29, 0.717) is 11.3 Å². The number of Topliss-reactive ketones (excluding diaryl/α,β-unsaturated/α-hetero) is 1. The zero-order valence-corrected chi connectivity index (χ0v) is 8.69. The van der Waals surface area contributed by atoms with Gasteiger partial charge in [-0.25, -0.2) is 4.79 Å². The molecule has 0 amide bonds. The summed E-state index contributed by atoms with van der Waals surface area (Å²) in [6, 6.07) is 5.23. The van der Waals surface area contributed by atoms with Gasteiger partial charge in [0.1, 0.15) is 12.4 Å². The predicted octanol–water partition coefficient (Wildman–Crippen LogP) is 1.58. The van der Waals surface area contributed by atoms with Crippen LogP contribution in [0.5, 0.6) is 5.75 Å². The molecule has 0 atom stereocenters. The topological polar surface area (TPSA) is 63.6 Å². The number of aryl methyl sites for hydroxylation is 1. The van der Waals surface area contributed by atoms with Crippen molar-refractivity contribution in [3.63, 3.8) is 0 Å². The number of carbonyl (C=O) groups is 2. The average Bonchev–Trinajstić information content (AvgIpc) is 2.23. The zero-order chi connectivity index (χ0) is 11.7. The van der Waals surface area contributed by atoms with Gasteiger partial charge in [-0.15, -0.1) is 0 Å². The smallest absolute Gasteiger partial charge is 0.328 e. The quantitative estimate of drug-likeness (QED) is 0.727. The largest absolute Gasteiger partial charge is 0.488 e. The summed E-state index contributed by atoms with van der Waals surface area (Å²) in [4.78, 5) is 22.4. The molecule has 2 rings (SSSR count). The molecule has 1 heterocycles. The molecular formula is C12H10O4. The van der Waals surface area contributed by atoms with Gasteiger partial charge in [0, 0.05) is 11.6 Å². The van der Waals surface area contributed by atoms with Gasteiger partial charge in [-0.2, -0.15) is 0 Å². The van der Waals surface area contributed by atoms with E-state index in [0.717, 1.165) is 11.6 Å². The van der Waals surface area contributed by atoms with E-state index in [-0.39, 0.29) is 18.0 Å². The van der Waals surface area contributed by atoms with Crippen LogP contribution in [0, 0.1) is 6.92 Å². The van der Waals surface area contributed by atoms with E-state index in [1.165, 1.54) is 0 Å². The average molecular weight is 218 g/mol. The Bertz CT molecular complexity index is 500. The third-order valence-corrected chi connectivity index (χ3v) is 2.42. The number of rotatable bonds is 1. The predicted molar refractivity (Wildman–Crippen MR) is 56.7 cm³/mol. The number of ether oxygens (including phenoxy) is 1. The van der Waals surface area contributed by atoms with Crippen LogP contribution in [0.1, 0.15) is 15.9 Å². The lowest BCUT2D eigenvalue weighted by Gasteiger charge is -2.19. The highest BCUT2D eigenvalue weighted by atomic mass is 16.5. The van der Waals surface area contributed by atoms with Crippen LogP contribution in [0.3, 0.4) is 0 Å². The molecule has 1 aliphatic rings. The fourth-order valence-corrected chi connectivity index (χ4v) is 1.67. The molecule has 0 fully saturated rings. The first-order valence-corrected chi connectivity index (χ1v) is 4.80. The highest BCUT2D eigenvalue weighted by molar-refractivity contribution is 6.13. The van der Waals surface area contributed by atoms with Crippen molar-refractivity contribution in [2.24, 2.45) is 0 Å². The molecule has 16 heavy (non-hydrogen) atoms. The molecule has 82 valence electrons. The second-order valence-electron chi connectivity index (χ2n) is 3.58. The number of ketones is 1. The SMILES string of the molecule is Cc1cccc2c1OCC(=CC(=O)O)C2=O. The van der Waals surface area contributed by atoms with Gasteiger partial charge in [-0.1, -0.05) is 12.1 Å². The lowest BCUT2D eigenvalue weighted by atomic mass is 9.98. The van der Waals surface area contributed by atoms with Crippen LogP contribution in [0.2, 0.25) is 0 Å². The molecular weight excluding hydrogens is 208 g/mol. The van der Waals surface area contributed by atoms with Crippen molar-refractivity contribution in [1.82, 2.24) is 0 Å². The second kappa shape index (κ2) is 3.81. The van der Waals surface area contributed by atoms with E-state index in [9.17, 15) is 9.59 Å². The minimum atomic E-state index is -1.14. The second-order valence-corrected chi connectivity index (χ2v) is 3.58. The van der Waals surface area contributed by atoms with Crippen LogP contribution in [0.15, 0.2) is 29.8 Å². The number of fused-ring (bicyclic) bond motifs is 1. The number of hydrogen-bond acceptors (Lipinski definition) is 3. The number of benzene rings is 1. The van der Waals surface area contributed by atoms with Crippen molar-refractivity contribution in [2.45, 2.75) is 6.92 Å². The zero-order valence-electron chi connectivity index (χ0n) is 8.69. The Morgan fingerprint density at radius 3 is 2.94 bits per heavy atom. The van der Waals surface area contributed by atoms with Crippen LogP contribution in [0.4, 0.5) is 0 Å². The van der Waals surface area contributed by atoms with Crippen molar-refractivity contribution >= 4 is 11.8 Å². The van der Waals surface area contributed by atoms with Gasteiger partial charge in [-0.3, -0.25) is 4.79 Å². The first-order valence-electron chi connectivity index (χ1n) is 4.80. The standard InChI is InChI=1S/C12H10O4/c1-7-3-2-4-9-11(15)8(5-10(13)14)6-16-12(7)9/h2-5H,6H2,1H3,(H,13,14). The van der Waals surface area contributed by atoms with Gasteiger partial charge in [-0.05, 0) is 18.6 Å².